The number of fused-ring (bicyclic) bond motifs is 1. The number of halogens is 3. The molecule has 2 aromatic carbocycles. The number of amides is 2. The minimum Gasteiger partial charge on any atom is -0.497 e. The third-order valence-electron chi connectivity index (χ3n) is 6.59. The van der Waals surface area contributed by atoms with E-state index < -0.39 is 29.1 Å². The number of hydrogen-bond donors (Lipinski definition) is 1. The van der Waals surface area contributed by atoms with Crippen molar-refractivity contribution in [2.45, 2.75) is 31.1 Å². The topological polar surface area (TPSA) is 100 Å². The summed E-state index contributed by atoms with van der Waals surface area (Å²) in [6, 6.07) is 18.8. The van der Waals surface area contributed by atoms with Crippen LogP contribution in [0.3, 0.4) is 0 Å². The first-order chi connectivity index (χ1) is 18.6. The quantitative estimate of drug-likeness (QED) is 0.375. The molecule has 1 aliphatic carbocycles. The highest BCUT2D eigenvalue weighted by molar-refractivity contribution is 6.04. The smallest absolute Gasteiger partial charge is 0.417 e. The van der Waals surface area contributed by atoms with E-state index in [4.69, 9.17) is 4.74 Å². The zero-order chi connectivity index (χ0) is 27.8. The molecule has 4 aromatic rings. The highest BCUT2D eigenvalue weighted by Gasteiger charge is 2.54. The van der Waals surface area contributed by atoms with Crippen LogP contribution < -0.4 is 15.1 Å². The molecule has 8 nitrogen and oxygen atoms in total. The molecule has 0 saturated heterocycles. The third kappa shape index (κ3) is 5.01. The molecule has 0 atom stereocenters. The van der Waals surface area contributed by atoms with Crippen LogP contribution in [-0.2, 0) is 17.5 Å². The number of ether oxygens (including phenoxy) is 1. The van der Waals surface area contributed by atoms with Crippen LogP contribution in [0.1, 0.15) is 40.0 Å². The molecule has 2 heterocycles. The molecule has 0 spiro atoms. The minimum atomic E-state index is -4.67. The van der Waals surface area contributed by atoms with Crippen LogP contribution >= 0.6 is 0 Å². The van der Waals surface area contributed by atoms with Gasteiger partial charge < -0.3 is 10.1 Å². The fourth-order valence-electron chi connectivity index (χ4n) is 4.41. The minimum absolute atomic E-state index is 0.0763. The van der Waals surface area contributed by atoms with E-state index in [1.165, 1.54) is 16.8 Å². The second-order valence-corrected chi connectivity index (χ2v) is 9.22. The highest BCUT2D eigenvalue weighted by Crippen LogP contribution is 2.39. The van der Waals surface area contributed by atoms with Gasteiger partial charge in [-0.15, -0.1) is 0 Å². The van der Waals surface area contributed by atoms with Gasteiger partial charge in [-0.25, -0.2) is 9.69 Å². The Morgan fingerprint density at radius 3 is 2.51 bits per heavy atom. The number of hydrogen-bond acceptors (Lipinski definition) is 5. The van der Waals surface area contributed by atoms with Crippen LogP contribution in [0.2, 0.25) is 0 Å². The van der Waals surface area contributed by atoms with Gasteiger partial charge in [0.2, 0.25) is 0 Å². The molecular formula is C28H22F3N5O3. The maximum absolute atomic E-state index is 14.1. The Hall–Kier alpha value is -4.85. The molecule has 2 amide bonds. The molecule has 11 heteroatoms. The van der Waals surface area contributed by atoms with E-state index >= 15 is 0 Å². The lowest BCUT2D eigenvalue weighted by molar-refractivity contribution is -0.137. The SMILES string of the molecule is COc1ccc2c(c1)cc(C#N)n2N(Cc1ccccc1)C(=O)C1(NC(=O)c2cncc(C(F)(F)F)c2)CC1. The van der Waals surface area contributed by atoms with E-state index in [0.29, 0.717) is 28.9 Å². The number of carbonyl (C=O) groups excluding carboxylic acids is 2. The monoisotopic (exact) mass is 533 g/mol. The predicted molar refractivity (Wildman–Crippen MR) is 135 cm³/mol. The zero-order valence-corrected chi connectivity index (χ0v) is 20.7. The van der Waals surface area contributed by atoms with Crippen molar-refractivity contribution in [3.05, 3.63) is 95.4 Å². The Morgan fingerprint density at radius 2 is 1.87 bits per heavy atom. The van der Waals surface area contributed by atoms with E-state index in [1.54, 1.807) is 24.3 Å². The van der Waals surface area contributed by atoms with Crippen molar-refractivity contribution in [3.8, 4) is 11.8 Å². The number of carbonyl (C=O) groups is 2. The van der Waals surface area contributed by atoms with E-state index in [2.05, 4.69) is 16.4 Å². The molecule has 0 aliphatic heterocycles. The Kier molecular flexibility index (Phi) is 6.48. The first-order valence-corrected chi connectivity index (χ1v) is 12.0. The molecule has 2 aromatic heterocycles. The van der Waals surface area contributed by atoms with Gasteiger partial charge in [0, 0.05) is 17.8 Å². The molecule has 1 N–H and O–H groups in total. The second kappa shape index (κ2) is 9.79. The lowest BCUT2D eigenvalue weighted by Gasteiger charge is -2.30. The summed E-state index contributed by atoms with van der Waals surface area (Å²) in [4.78, 5) is 30.7. The number of nitriles is 1. The average Bonchev–Trinajstić information content (AvgIpc) is 3.63. The largest absolute Gasteiger partial charge is 0.497 e. The fraction of sp³-hybridized carbons (Fsp3) is 0.214. The third-order valence-corrected chi connectivity index (χ3v) is 6.59. The summed E-state index contributed by atoms with van der Waals surface area (Å²) in [5.41, 5.74) is -1.20. The first kappa shape index (κ1) is 25.8. The van der Waals surface area contributed by atoms with Crippen molar-refractivity contribution in [3.63, 3.8) is 0 Å². The summed E-state index contributed by atoms with van der Waals surface area (Å²) in [7, 11) is 1.52. The number of nitrogens with zero attached hydrogens (tertiary/aromatic N) is 4. The van der Waals surface area contributed by atoms with Crippen LogP contribution in [0.5, 0.6) is 5.75 Å². The second-order valence-electron chi connectivity index (χ2n) is 9.22. The summed E-state index contributed by atoms with van der Waals surface area (Å²) in [5, 5.41) is 14.6. The molecule has 0 unspecified atom stereocenters. The lowest BCUT2D eigenvalue weighted by atomic mass is 10.1. The molecule has 1 saturated carbocycles. The summed E-state index contributed by atoms with van der Waals surface area (Å²) < 4.78 is 46.3. The molecular weight excluding hydrogens is 511 g/mol. The Balaban J connectivity index is 1.53. The van der Waals surface area contributed by atoms with Crippen LogP contribution in [0.25, 0.3) is 10.9 Å². The maximum atomic E-state index is 14.1. The van der Waals surface area contributed by atoms with Crippen molar-refractivity contribution in [2.75, 3.05) is 12.1 Å². The van der Waals surface area contributed by atoms with Gasteiger partial charge in [0.05, 0.1) is 30.3 Å². The number of benzene rings is 2. The Labute approximate surface area is 221 Å². The number of aromatic nitrogens is 2. The number of methoxy groups -OCH3 is 1. The number of rotatable bonds is 7. The van der Waals surface area contributed by atoms with Crippen molar-refractivity contribution in [1.82, 2.24) is 15.0 Å². The maximum Gasteiger partial charge on any atom is 0.417 e. The molecule has 1 fully saturated rings. The van der Waals surface area contributed by atoms with Gasteiger partial charge in [-0.1, -0.05) is 30.3 Å². The van der Waals surface area contributed by atoms with Crippen LogP contribution in [-0.4, -0.2) is 34.1 Å². The molecule has 198 valence electrons. The predicted octanol–water partition coefficient (Wildman–Crippen LogP) is 4.56. The molecule has 0 radical (unpaired) electrons. The van der Waals surface area contributed by atoms with Crippen molar-refractivity contribution in [2.24, 2.45) is 0 Å². The lowest BCUT2D eigenvalue weighted by Crippen LogP contribution is -2.54. The van der Waals surface area contributed by atoms with E-state index in [-0.39, 0.29) is 30.6 Å². The standard InChI is InChI=1S/C28H22F3N5O3/c1-39-23-7-8-24-19(13-23)12-22(14-32)36(24)35(17-18-5-3-2-4-6-18)26(38)27(9-10-27)34-25(37)20-11-21(16-33-15-20)28(29,30)31/h2-8,11-13,15-16H,9-10,17H2,1H3,(H,34,37). The van der Waals surface area contributed by atoms with Crippen molar-refractivity contribution >= 4 is 22.7 Å². The zero-order valence-electron chi connectivity index (χ0n) is 20.7. The number of pyridine rings is 1. The van der Waals surface area contributed by atoms with Gasteiger partial charge in [-0.3, -0.25) is 14.6 Å². The van der Waals surface area contributed by atoms with Gasteiger partial charge in [0.1, 0.15) is 23.1 Å². The van der Waals surface area contributed by atoms with Crippen LogP contribution in [0.4, 0.5) is 13.2 Å². The van der Waals surface area contributed by atoms with Crippen molar-refractivity contribution in [1.29, 1.82) is 5.26 Å². The summed E-state index contributed by atoms with van der Waals surface area (Å²) in [6.07, 6.45) is -2.46. The van der Waals surface area contributed by atoms with Gasteiger partial charge in [0.15, 0.2) is 0 Å². The Bertz CT molecular complexity index is 1600. The fourth-order valence-corrected chi connectivity index (χ4v) is 4.41. The van der Waals surface area contributed by atoms with Gasteiger partial charge in [0.25, 0.3) is 11.8 Å². The molecule has 0 bridgehead atoms. The molecule has 39 heavy (non-hydrogen) atoms. The van der Waals surface area contributed by atoms with Crippen molar-refractivity contribution < 1.29 is 27.5 Å². The molecule has 5 rings (SSSR count). The first-order valence-electron chi connectivity index (χ1n) is 12.0. The highest BCUT2D eigenvalue weighted by atomic mass is 19.4. The van der Waals surface area contributed by atoms with Gasteiger partial charge in [-0.05, 0) is 48.7 Å². The summed E-state index contributed by atoms with van der Waals surface area (Å²) in [5.74, 6) is -0.767. The number of alkyl halides is 3. The Morgan fingerprint density at radius 1 is 1.13 bits per heavy atom. The summed E-state index contributed by atoms with van der Waals surface area (Å²) in [6.45, 7) is 0.0763. The van der Waals surface area contributed by atoms with Gasteiger partial charge in [-0.2, -0.15) is 18.4 Å². The molecule has 1 aliphatic rings. The van der Waals surface area contributed by atoms with Crippen LogP contribution in [0.15, 0.2) is 73.1 Å². The van der Waals surface area contributed by atoms with Crippen LogP contribution in [0, 0.1) is 11.3 Å². The number of nitrogens with one attached hydrogen (secondary N) is 1. The van der Waals surface area contributed by atoms with E-state index in [9.17, 15) is 28.0 Å². The summed E-state index contributed by atoms with van der Waals surface area (Å²) >= 11 is 0. The van der Waals surface area contributed by atoms with Gasteiger partial charge >= 0.3 is 6.18 Å². The normalized spacial score (nSPS) is 13.9. The average molecular weight is 534 g/mol. The van der Waals surface area contributed by atoms with E-state index in [1.807, 2.05) is 30.3 Å². The van der Waals surface area contributed by atoms with E-state index in [0.717, 1.165) is 11.8 Å².